The van der Waals surface area contributed by atoms with Gasteiger partial charge in [-0.25, -0.2) is 9.67 Å². The molecule has 1 aromatic carbocycles. The lowest BCUT2D eigenvalue weighted by molar-refractivity contribution is 0.0619. The second-order valence-corrected chi connectivity index (χ2v) is 8.19. The zero-order valence-electron chi connectivity index (χ0n) is 15.9. The van der Waals surface area contributed by atoms with Crippen molar-refractivity contribution in [2.24, 2.45) is 7.05 Å². The third-order valence-electron chi connectivity index (χ3n) is 4.87. The Kier molecular flexibility index (Phi) is 5.75. The van der Waals surface area contributed by atoms with E-state index in [0.29, 0.717) is 23.8 Å². The number of thiazole rings is 1. The minimum absolute atomic E-state index is 0.140. The van der Waals surface area contributed by atoms with Crippen LogP contribution in [-0.2, 0) is 13.6 Å². The first-order chi connectivity index (χ1) is 14.0. The zero-order valence-corrected chi connectivity index (χ0v) is 17.5. The van der Waals surface area contributed by atoms with Crippen LogP contribution in [0.15, 0.2) is 46.6 Å². The van der Waals surface area contributed by atoms with E-state index in [-0.39, 0.29) is 11.5 Å². The Morgan fingerprint density at radius 2 is 1.83 bits per heavy atom. The van der Waals surface area contributed by atoms with Gasteiger partial charge in [0, 0.05) is 61.8 Å². The number of amides is 1. The molecule has 0 spiro atoms. The monoisotopic (exact) mass is 429 g/mol. The van der Waals surface area contributed by atoms with Crippen LogP contribution in [0.5, 0.6) is 0 Å². The van der Waals surface area contributed by atoms with Gasteiger partial charge in [0.25, 0.3) is 11.5 Å². The van der Waals surface area contributed by atoms with Crippen molar-refractivity contribution in [3.8, 4) is 10.6 Å². The number of carbonyl (C=O) groups is 1. The molecule has 2 aromatic heterocycles. The fourth-order valence-electron chi connectivity index (χ4n) is 3.22. The molecule has 0 N–H and O–H groups in total. The van der Waals surface area contributed by atoms with E-state index < -0.39 is 0 Å². The molecule has 7 nitrogen and oxygen atoms in total. The maximum atomic E-state index is 12.6. The molecule has 0 aliphatic carbocycles. The minimum atomic E-state index is -0.229. The standard InChI is InChI=1S/C20H20ClN5O2S/c1-24-18(27)7-6-17(23-24)20(28)26-10-8-25(9-11-26)12-16-13-29-19(22-16)14-2-4-15(21)5-3-14/h2-7,13H,8-12H2,1H3. The van der Waals surface area contributed by atoms with E-state index in [1.54, 1.807) is 23.3 Å². The van der Waals surface area contributed by atoms with E-state index in [1.807, 2.05) is 24.3 Å². The Morgan fingerprint density at radius 3 is 2.52 bits per heavy atom. The normalized spacial score (nSPS) is 14.9. The fraction of sp³-hybridized carbons (Fsp3) is 0.300. The van der Waals surface area contributed by atoms with Gasteiger partial charge in [0.2, 0.25) is 0 Å². The van der Waals surface area contributed by atoms with Crippen molar-refractivity contribution in [1.82, 2.24) is 24.6 Å². The highest BCUT2D eigenvalue weighted by Crippen LogP contribution is 2.25. The number of aromatic nitrogens is 3. The lowest BCUT2D eigenvalue weighted by Crippen LogP contribution is -2.48. The number of halogens is 1. The Balaban J connectivity index is 1.34. The van der Waals surface area contributed by atoms with Crippen LogP contribution < -0.4 is 5.56 Å². The molecule has 150 valence electrons. The predicted octanol–water partition coefficient (Wildman–Crippen LogP) is 2.52. The molecule has 0 saturated carbocycles. The number of piperazine rings is 1. The van der Waals surface area contributed by atoms with Gasteiger partial charge in [0.05, 0.1) is 5.69 Å². The molecule has 9 heteroatoms. The van der Waals surface area contributed by atoms with Gasteiger partial charge in [0.1, 0.15) is 10.7 Å². The van der Waals surface area contributed by atoms with Gasteiger partial charge < -0.3 is 4.90 Å². The van der Waals surface area contributed by atoms with Gasteiger partial charge >= 0.3 is 0 Å². The first-order valence-electron chi connectivity index (χ1n) is 9.26. The summed E-state index contributed by atoms with van der Waals surface area (Å²) >= 11 is 7.57. The van der Waals surface area contributed by atoms with Gasteiger partial charge in [0.15, 0.2) is 0 Å². The van der Waals surface area contributed by atoms with Crippen LogP contribution in [0.3, 0.4) is 0 Å². The Hall–Kier alpha value is -2.55. The van der Waals surface area contributed by atoms with E-state index in [4.69, 9.17) is 16.6 Å². The van der Waals surface area contributed by atoms with Gasteiger partial charge in [-0.15, -0.1) is 11.3 Å². The number of aryl methyl sites for hydroxylation is 1. The van der Waals surface area contributed by atoms with E-state index >= 15 is 0 Å². The first-order valence-corrected chi connectivity index (χ1v) is 10.5. The molecule has 1 amide bonds. The van der Waals surface area contributed by atoms with E-state index in [0.717, 1.165) is 35.9 Å². The Morgan fingerprint density at radius 1 is 1.10 bits per heavy atom. The van der Waals surface area contributed by atoms with Crippen LogP contribution in [0.1, 0.15) is 16.2 Å². The molecular weight excluding hydrogens is 410 g/mol. The smallest absolute Gasteiger partial charge is 0.274 e. The minimum Gasteiger partial charge on any atom is -0.335 e. The number of carbonyl (C=O) groups excluding carboxylic acids is 1. The predicted molar refractivity (Wildman–Crippen MR) is 113 cm³/mol. The number of hydrogen-bond donors (Lipinski definition) is 0. The first kappa shape index (κ1) is 19.8. The number of benzene rings is 1. The second-order valence-electron chi connectivity index (χ2n) is 6.90. The summed E-state index contributed by atoms with van der Waals surface area (Å²) in [7, 11) is 1.54. The maximum Gasteiger partial charge on any atom is 0.274 e. The number of rotatable bonds is 4. The molecule has 3 aromatic rings. The molecule has 0 bridgehead atoms. The maximum absolute atomic E-state index is 12.6. The van der Waals surface area contributed by atoms with Crippen LogP contribution in [0.2, 0.25) is 5.02 Å². The fourth-order valence-corrected chi connectivity index (χ4v) is 4.16. The van der Waals surface area contributed by atoms with Crippen molar-refractivity contribution in [2.45, 2.75) is 6.54 Å². The average molecular weight is 430 g/mol. The molecule has 0 unspecified atom stereocenters. The summed E-state index contributed by atoms with van der Waals surface area (Å²) in [5.74, 6) is -0.140. The van der Waals surface area contributed by atoms with Crippen molar-refractivity contribution in [1.29, 1.82) is 0 Å². The van der Waals surface area contributed by atoms with Gasteiger partial charge in [-0.1, -0.05) is 23.7 Å². The van der Waals surface area contributed by atoms with Crippen LogP contribution in [0.25, 0.3) is 10.6 Å². The van der Waals surface area contributed by atoms with Crippen molar-refractivity contribution < 1.29 is 4.79 Å². The summed E-state index contributed by atoms with van der Waals surface area (Å²) in [5.41, 5.74) is 2.16. The third-order valence-corrected chi connectivity index (χ3v) is 6.06. The highest BCUT2D eigenvalue weighted by atomic mass is 35.5. The topological polar surface area (TPSA) is 71.3 Å². The quantitative estimate of drug-likeness (QED) is 0.637. The average Bonchev–Trinajstić information content (AvgIpc) is 3.19. The highest BCUT2D eigenvalue weighted by molar-refractivity contribution is 7.13. The summed E-state index contributed by atoms with van der Waals surface area (Å²) in [6, 6.07) is 10.6. The second kappa shape index (κ2) is 8.44. The van der Waals surface area contributed by atoms with E-state index in [2.05, 4.69) is 15.4 Å². The van der Waals surface area contributed by atoms with Crippen molar-refractivity contribution in [2.75, 3.05) is 26.2 Å². The molecular formula is C20H20ClN5O2S. The van der Waals surface area contributed by atoms with Crippen LogP contribution >= 0.6 is 22.9 Å². The van der Waals surface area contributed by atoms with Crippen molar-refractivity contribution in [3.05, 3.63) is 68.5 Å². The molecule has 1 fully saturated rings. The van der Waals surface area contributed by atoms with Gasteiger partial charge in [-0.2, -0.15) is 5.10 Å². The largest absolute Gasteiger partial charge is 0.335 e. The van der Waals surface area contributed by atoms with Gasteiger partial charge in [-0.05, 0) is 18.2 Å². The summed E-state index contributed by atoms with van der Waals surface area (Å²) in [6.45, 7) is 3.54. The van der Waals surface area contributed by atoms with Crippen LogP contribution in [0, 0.1) is 0 Å². The molecule has 1 aliphatic heterocycles. The molecule has 3 heterocycles. The van der Waals surface area contributed by atoms with Crippen LogP contribution in [-0.4, -0.2) is 56.7 Å². The summed E-state index contributed by atoms with van der Waals surface area (Å²) in [6.07, 6.45) is 0. The molecule has 4 rings (SSSR count). The van der Waals surface area contributed by atoms with E-state index in [9.17, 15) is 9.59 Å². The van der Waals surface area contributed by atoms with E-state index in [1.165, 1.54) is 16.8 Å². The Labute approximate surface area is 177 Å². The molecule has 1 aliphatic rings. The third kappa shape index (κ3) is 4.55. The lowest BCUT2D eigenvalue weighted by Gasteiger charge is -2.34. The van der Waals surface area contributed by atoms with Crippen molar-refractivity contribution in [3.63, 3.8) is 0 Å². The highest BCUT2D eigenvalue weighted by Gasteiger charge is 2.24. The summed E-state index contributed by atoms with van der Waals surface area (Å²) in [4.78, 5) is 32.9. The molecule has 1 saturated heterocycles. The molecule has 0 atom stereocenters. The van der Waals surface area contributed by atoms with Gasteiger partial charge in [-0.3, -0.25) is 14.5 Å². The van der Waals surface area contributed by atoms with Crippen molar-refractivity contribution >= 4 is 28.8 Å². The summed E-state index contributed by atoms with van der Waals surface area (Å²) in [5, 5.41) is 7.83. The number of hydrogen-bond acceptors (Lipinski definition) is 6. The zero-order chi connectivity index (χ0) is 20.4. The van der Waals surface area contributed by atoms with Crippen LogP contribution in [0.4, 0.5) is 0 Å². The molecule has 29 heavy (non-hydrogen) atoms. The lowest BCUT2D eigenvalue weighted by atomic mass is 10.2. The SMILES string of the molecule is Cn1nc(C(=O)N2CCN(Cc3csc(-c4ccc(Cl)cc4)n3)CC2)ccc1=O. The number of nitrogens with zero attached hydrogens (tertiary/aromatic N) is 5. The molecule has 0 radical (unpaired) electrons. The Bertz CT molecular complexity index is 1070. The summed E-state index contributed by atoms with van der Waals surface area (Å²) < 4.78 is 1.18.